The molecule has 2 aliphatic rings. The molecule has 0 amide bonds. The van der Waals surface area contributed by atoms with Crippen LogP contribution in [0.2, 0.25) is 0 Å². The highest BCUT2D eigenvalue weighted by atomic mass is 17.2. The van der Waals surface area contributed by atoms with Crippen molar-refractivity contribution in [2.75, 3.05) is 0 Å². The van der Waals surface area contributed by atoms with Crippen LogP contribution < -0.4 is 0 Å². The van der Waals surface area contributed by atoms with Crippen LogP contribution in [0.3, 0.4) is 0 Å². The molecule has 0 unspecified atom stereocenters. The standard InChI is InChI=1S/C15H22O8/c1-7(2)9-10(8(3)16)14(6,19)22-23-15(9)11(17)20-13(4,5)21-12(15)18/h7,9-10,19H,1-6H3/t9-,10-,14+/m1/s1. The van der Waals surface area contributed by atoms with E-state index in [1.807, 2.05) is 0 Å². The van der Waals surface area contributed by atoms with Crippen molar-refractivity contribution in [1.29, 1.82) is 0 Å². The summed E-state index contributed by atoms with van der Waals surface area (Å²) in [6, 6.07) is 0. The first-order valence-electron chi connectivity index (χ1n) is 7.41. The summed E-state index contributed by atoms with van der Waals surface area (Å²) in [5, 5.41) is 10.3. The summed E-state index contributed by atoms with van der Waals surface area (Å²) in [4.78, 5) is 47.1. The van der Waals surface area contributed by atoms with Crippen molar-refractivity contribution in [3.63, 3.8) is 0 Å². The Kier molecular flexibility index (Phi) is 4.07. The van der Waals surface area contributed by atoms with Crippen LogP contribution >= 0.6 is 0 Å². The van der Waals surface area contributed by atoms with Gasteiger partial charge in [0, 0.05) is 19.8 Å². The van der Waals surface area contributed by atoms with Gasteiger partial charge in [-0.25, -0.2) is 14.5 Å². The van der Waals surface area contributed by atoms with Gasteiger partial charge in [-0.2, -0.15) is 4.89 Å². The van der Waals surface area contributed by atoms with Crippen LogP contribution in [-0.4, -0.2) is 40.0 Å². The number of carbonyl (C=O) groups excluding carboxylic acids is 3. The number of hydrogen-bond acceptors (Lipinski definition) is 8. The van der Waals surface area contributed by atoms with Crippen LogP contribution in [0.15, 0.2) is 0 Å². The van der Waals surface area contributed by atoms with Crippen LogP contribution in [0, 0.1) is 17.8 Å². The van der Waals surface area contributed by atoms with Crippen molar-refractivity contribution in [1.82, 2.24) is 0 Å². The number of Topliss-reactive ketones (excluding diaryl/α,β-unsaturated/α-hetero) is 1. The van der Waals surface area contributed by atoms with Gasteiger partial charge in [-0.3, -0.25) is 4.79 Å². The lowest BCUT2D eigenvalue weighted by Gasteiger charge is -2.51. The highest BCUT2D eigenvalue weighted by Crippen LogP contribution is 2.49. The van der Waals surface area contributed by atoms with E-state index in [9.17, 15) is 19.5 Å². The van der Waals surface area contributed by atoms with Gasteiger partial charge in [0.2, 0.25) is 5.79 Å². The van der Waals surface area contributed by atoms with E-state index < -0.39 is 46.7 Å². The summed E-state index contributed by atoms with van der Waals surface area (Å²) < 4.78 is 10.3. The molecule has 8 nitrogen and oxygen atoms in total. The first-order valence-corrected chi connectivity index (χ1v) is 7.41. The van der Waals surface area contributed by atoms with Gasteiger partial charge in [0.15, 0.2) is 0 Å². The number of ether oxygens (including phenoxy) is 2. The Hall–Kier alpha value is -1.51. The van der Waals surface area contributed by atoms with E-state index in [1.54, 1.807) is 13.8 Å². The molecule has 0 aliphatic carbocycles. The molecule has 2 rings (SSSR count). The van der Waals surface area contributed by atoms with E-state index in [-0.39, 0.29) is 5.92 Å². The number of ketones is 1. The van der Waals surface area contributed by atoms with Crippen molar-refractivity contribution in [2.45, 2.75) is 58.7 Å². The maximum Gasteiger partial charge on any atom is 0.357 e. The molecule has 0 saturated carbocycles. The molecule has 0 aromatic heterocycles. The molecular formula is C15H22O8. The van der Waals surface area contributed by atoms with Crippen LogP contribution in [0.1, 0.15) is 41.5 Å². The highest BCUT2D eigenvalue weighted by molar-refractivity contribution is 6.06. The molecule has 0 bridgehead atoms. The van der Waals surface area contributed by atoms with Gasteiger partial charge in [-0.15, -0.1) is 0 Å². The van der Waals surface area contributed by atoms with E-state index in [0.717, 1.165) is 0 Å². The van der Waals surface area contributed by atoms with Gasteiger partial charge >= 0.3 is 11.9 Å². The summed E-state index contributed by atoms with van der Waals surface area (Å²) in [5.74, 6) is -8.45. The Morgan fingerprint density at radius 2 is 1.57 bits per heavy atom. The first kappa shape index (κ1) is 17.8. The molecule has 2 aliphatic heterocycles. The maximum absolute atomic E-state index is 12.6. The van der Waals surface area contributed by atoms with Crippen LogP contribution in [-0.2, 0) is 33.6 Å². The van der Waals surface area contributed by atoms with E-state index in [0.29, 0.717) is 0 Å². The fourth-order valence-corrected chi connectivity index (χ4v) is 3.35. The zero-order chi connectivity index (χ0) is 17.8. The third kappa shape index (κ3) is 2.64. The Morgan fingerprint density at radius 1 is 1.09 bits per heavy atom. The summed E-state index contributed by atoms with van der Waals surface area (Å²) in [7, 11) is 0. The number of esters is 2. The second kappa shape index (κ2) is 5.25. The molecule has 0 aromatic rings. The Bertz CT molecular complexity index is 528. The largest absolute Gasteiger partial charge is 0.420 e. The van der Waals surface area contributed by atoms with Gasteiger partial charge < -0.3 is 14.6 Å². The molecule has 130 valence electrons. The third-order valence-electron chi connectivity index (χ3n) is 4.19. The van der Waals surface area contributed by atoms with Gasteiger partial charge in [-0.1, -0.05) is 13.8 Å². The van der Waals surface area contributed by atoms with E-state index >= 15 is 0 Å². The van der Waals surface area contributed by atoms with Crippen LogP contribution in [0.5, 0.6) is 0 Å². The molecule has 3 atom stereocenters. The predicted octanol–water partition coefficient (Wildman–Crippen LogP) is 0.709. The second-order valence-electron chi connectivity index (χ2n) is 6.99. The monoisotopic (exact) mass is 330 g/mol. The fraction of sp³-hybridized carbons (Fsp3) is 0.800. The Balaban J connectivity index is 2.59. The number of rotatable bonds is 2. The molecule has 0 aromatic carbocycles. The molecule has 1 spiro atoms. The number of cyclic esters (lactones) is 2. The lowest BCUT2D eigenvalue weighted by Crippen LogP contribution is -2.71. The van der Waals surface area contributed by atoms with Gasteiger partial charge in [0.25, 0.3) is 11.4 Å². The minimum atomic E-state index is -2.25. The molecule has 2 heterocycles. The second-order valence-corrected chi connectivity index (χ2v) is 6.99. The normalized spacial score (nSPS) is 35.8. The topological polar surface area (TPSA) is 108 Å². The summed E-state index contributed by atoms with van der Waals surface area (Å²) in [6.45, 7) is 8.70. The first-order chi connectivity index (χ1) is 10.3. The lowest BCUT2D eigenvalue weighted by atomic mass is 9.66. The maximum atomic E-state index is 12.6. The minimum Gasteiger partial charge on any atom is -0.420 e. The molecule has 1 N–H and O–H groups in total. The molecule has 23 heavy (non-hydrogen) atoms. The van der Waals surface area contributed by atoms with Crippen molar-refractivity contribution in [3.8, 4) is 0 Å². The van der Waals surface area contributed by atoms with E-state index in [2.05, 4.69) is 0 Å². The summed E-state index contributed by atoms with van der Waals surface area (Å²) >= 11 is 0. The number of aliphatic hydroxyl groups is 1. The average Bonchev–Trinajstić information content (AvgIpc) is 2.33. The number of carbonyl (C=O) groups is 3. The van der Waals surface area contributed by atoms with Crippen molar-refractivity contribution in [3.05, 3.63) is 0 Å². The molecule has 2 saturated heterocycles. The van der Waals surface area contributed by atoms with Crippen molar-refractivity contribution >= 4 is 17.7 Å². The number of hydrogen-bond donors (Lipinski definition) is 1. The van der Waals surface area contributed by atoms with E-state index in [1.165, 1.54) is 27.7 Å². The Morgan fingerprint density at radius 3 is 1.96 bits per heavy atom. The van der Waals surface area contributed by atoms with Crippen molar-refractivity contribution in [2.24, 2.45) is 17.8 Å². The predicted molar refractivity (Wildman–Crippen MR) is 74.3 cm³/mol. The minimum absolute atomic E-state index is 0.388. The quantitative estimate of drug-likeness (QED) is 0.448. The molecule has 0 radical (unpaired) electrons. The van der Waals surface area contributed by atoms with Crippen LogP contribution in [0.4, 0.5) is 0 Å². The van der Waals surface area contributed by atoms with Crippen molar-refractivity contribution < 1.29 is 38.7 Å². The average molecular weight is 330 g/mol. The lowest BCUT2D eigenvalue weighted by molar-refractivity contribution is -0.496. The SMILES string of the molecule is CC(=O)[C@@H]1[C@@H](C(C)C)C2(OO[C@]1(C)O)C(=O)OC(C)(C)OC2=O. The molecular weight excluding hydrogens is 308 g/mol. The summed E-state index contributed by atoms with van der Waals surface area (Å²) in [6.07, 6.45) is 0. The molecule has 2 fully saturated rings. The smallest absolute Gasteiger partial charge is 0.357 e. The molecule has 8 heteroatoms. The summed E-state index contributed by atoms with van der Waals surface area (Å²) in [5.41, 5.74) is -2.25. The van der Waals surface area contributed by atoms with Gasteiger partial charge in [-0.05, 0) is 19.8 Å². The third-order valence-corrected chi connectivity index (χ3v) is 4.19. The zero-order valence-electron chi connectivity index (χ0n) is 14.0. The zero-order valence-corrected chi connectivity index (χ0v) is 14.0. The van der Waals surface area contributed by atoms with Crippen LogP contribution in [0.25, 0.3) is 0 Å². The van der Waals surface area contributed by atoms with Gasteiger partial charge in [0.05, 0.1) is 5.92 Å². The van der Waals surface area contributed by atoms with Gasteiger partial charge in [0.1, 0.15) is 5.78 Å². The highest BCUT2D eigenvalue weighted by Gasteiger charge is 2.71. The van der Waals surface area contributed by atoms with E-state index in [4.69, 9.17) is 19.2 Å². The Labute approximate surface area is 133 Å². The fourth-order valence-electron chi connectivity index (χ4n) is 3.35.